The van der Waals surface area contributed by atoms with Crippen LogP contribution in [0.25, 0.3) is 0 Å². The summed E-state index contributed by atoms with van der Waals surface area (Å²) in [6, 6.07) is 3.30. The molecular formula is C25H47N2O6P. The standard InChI is InChI=1S/C25H47N2O6P/c1-20(2)27(21(3)4)34(33-22(5)6)31-19-15-13-11-9-7-8-10-12-14-16-25(30)32-26-23(28)17-18-24(26)29/h17-18,20-22,28-29H,7-16,19H2,1-6H3. The Morgan fingerprint density at radius 1 is 0.853 bits per heavy atom. The molecule has 2 N–H and O–H groups in total. The van der Waals surface area contributed by atoms with Gasteiger partial charge in [-0.05, 0) is 54.4 Å². The molecule has 0 radical (unpaired) electrons. The van der Waals surface area contributed by atoms with Crippen LogP contribution in [0.4, 0.5) is 0 Å². The summed E-state index contributed by atoms with van der Waals surface area (Å²) in [5.74, 6) is -1.05. The number of aromatic nitrogens is 1. The lowest BCUT2D eigenvalue weighted by Crippen LogP contribution is -2.34. The van der Waals surface area contributed by atoms with Gasteiger partial charge >= 0.3 is 5.97 Å². The van der Waals surface area contributed by atoms with Crippen LogP contribution < -0.4 is 4.84 Å². The lowest BCUT2D eigenvalue weighted by Gasteiger charge is -2.36. The van der Waals surface area contributed by atoms with Gasteiger partial charge in [0.05, 0.1) is 12.7 Å². The van der Waals surface area contributed by atoms with E-state index >= 15 is 0 Å². The normalized spacial score (nSPS) is 12.9. The van der Waals surface area contributed by atoms with E-state index in [1.807, 2.05) is 0 Å². The molecule has 9 heteroatoms. The van der Waals surface area contributed by atoms with E-state index in [4.69, 9.17) is 13.9 Å². The summed E-state index contributed by atoms with van der Waals surface area (Å²) in [6.45, 7) is 13.6. The Labute approximate surface area is 207 Å². The molecule has 0 aliphatic heterocycles. The van der Waals surface area contributed by atoms with E-state index in [2.05, 4.69) is 46.2 Å². The van der Waals surface area contributed by atoms with Gasteiger partial charge in [-0.15, -0.1) is 4.73 Å². The van der Waals surface area contributed by atoms with Gasteiger partial charge in [0.2, 0.25) is 11.8 Å². The molecule has 34 heavy (non-hydrogen) atoms. The first-order valence-corrected chi connectivity index (χ1v) is 13.9. The minimum Gasteiger partial charge on any atom is -0.492 e. The van der Waals surface area contributed by atoms with Crippen molar-refractivity contribution in [1.29, 1.82) is 0 Å². The monoisotopic (exact) mass is 502 g/mol. The van der Waals surface area contributed by atoms with Crippen LogP contribution in [0.2, 0.25) is 0 Å². The van der Waals surface area contributed by atoms with Gasteiger partial charge in [0.1, 0.15) is 0 Å². The first-order chi connectivity index (χ1) is 16.1. The summed E-state index contributed by atoms with van der Waals surface area (Å²) in [4.78, 5) is 16.7. The van der Waals surface area contributed by atoms with Gasteiger partial charge in [-0.25, -0.2) is 9.46 Å². The fourth-order valence-corrected chi connectivity index (χ4v) is 5.40. The van der Waals surface area contributed by atoms with Crippen molar-refractivity contribution in [3.8, 4) is 11.8 Å². The first kappa shape index (κ1) is 30.7. The molecule has 0 amide bonds. The van der Waals surface area contributed by atoms with E-state index in [-0.39, 0.29) is 24.3 Å². The SMILES string of the molecule is CC(C)OP(OCCCCCCCCCCCC(=O)On1c(O)ccc1O)N(C(C)C)C(C)C. The zero-order valence-corrected chi connectivity index (χ0v) is 22.9. The average Bonchev–Trinajstić information content (AvgIpc) is 3.05. The first-order valence-electron chi connectivity index (χ1n) is 12.8. The Hall–Kier alpha value is -1.34. The molecule has 1 rings (SSSR count). The van der Waals surface area contributed by atoms with E-state index in [9.17, 15) is 15.0 Å². The van der Waals surface area contributed by atoms with E-state index < -0.39 is 14.5 Å². The van der Waals surface area contributed by atoms with Gasteiger partial charge in [-0.1, -0.05) is 44.9 Å². The van der Waals surface area contributed by atoms with Gasteiger partial charge in [0, 0.05) is 30.6 Å². The van der Waals surface area contributed by atoms with E-state index in [0.717, 1.165) is 43.4 Å². The van der Waals surface area contributed by atoms with Crippen molar-refractivity contribution >= 4 is 14.5 Å². The van der Waals surface area contributed by atoms with Crippen molar-refractivity contribution in [3.63, 3.8) is 0 Å². The van der Waals surface area contributed by atoms with Crippen LogP contribution in [0.15, 0.2) is 12.1 Å². The zero-order chi connectivity index (χ0) is 25.5. The molecule has 1 unspecified atom stereocenters. The van der Waals surface area contributed by atoms with Crippen LogP contribution in [0.5, 0.6) is 11.8 Å². The lowest BCUT2D eigenvalue weighted by atomic mass is 10.1. The highest BCUT2D eigenvalue weighted by Crippen LogP contribution is 2.47. The van der Waals surface area contributed by atoms with E-state index in [1.165, 1.54) is 37.8 Å². The molecule has 0 aromatic carbocycles. The number of hydrogen-bond donors (Lipinski definition) is 2. The van der Waals surface area contributed by atoms with Crippen molar-refractivity contribution in [2.24, 2.45) is 0 Å². The number of unbranched alkanes of at least 4 members (excludes halogenated alkanes) is 8. The molecule has 8 nitrogen and oxygen atoms in total. The van der Waals surface area contributed by atoms with Gasteiger partial charge in [0.15, 0.2) is 0 Å². The fourth-order valence-electron chi connectivity index (χ4n) is 3.70. The maximum atomic E-state index is 11.8. The van der Waals surface area contributed by atoms with E-state index in [0.29, 0.717) is 12.1 Å². The third-order valence-electron chi connectivity index (χ3n) is 5.27. The summed E-state index contributed by atoms with van der Waals surface area (Å²) in [5.41, 5.74) is 0. The minimum atomic E-state index is -1.02. The van der Waals surface area contributed by atoms with Crippen molar-refractivity contribution in [2.45, 2.75) is 124 Å². The predicted octanol–water partition coefficient (Wildman–Crippen LogP) is 6.54. The average molecular weight is 503 g/mol. The van der Waals surface area contributed by atoms with Crippen molar-refractivity contribution in [2.75, 3.05) is 6.61 Å². The molecule has 1 aromatic rings. The predicted molar refractivity (Wildman–Crippen MR) is 137 cm³/mol. The molecule has 1 heterocycles. The molecule has 0 aliphatic carbocycles. The van der Waals surface area contributed by atoms with Crippen LogP contribution in [0.1, 0.15) is 106 Å². The zero-order valence-electron chi connectivity index (χ0n) is 22.0. The summed E-state index contributed by atoms with van der Waals surface area (Å²) in [6.07, 6.45) is 10.2. The highest BCUT2D eigenvalue weighted by molar-refractivity contribution is 7.44. The summed E-state index contributed by atoms with van der Waals surface area (Å²) in [5, 5.41) is 18.9. The minimum absolute atomic E-state index is 0.151. The van der Waals surface area contributed by atoms with Gasteiger partial charge in [-0.2, -0.15) is 0 Å². The van der Waals surface area contributed by atoms with E-state index in [1.54, 1.807) is 0 Å². The Morgan fingerprint density at radius 2 is 1.32 bits per heavy atom. The maximum Gasteiger partial charge on any atom is 0.333 e. The van der Waals surface area contributed by atoms with Crippen molar-refractivity contribution in [1.82, 2.24) is 9.40 Å². The van der Waals surface area contributed by atoms with Crippen molar-refractivity contribution in [3.05, 3.63) is 12.1 Å². The van der Waals surface area contributed by atoms with Crippen molar-refractivity contribution < 1.29 is 28.9 Å². The van der Waals surface area contributed by atoms with Crippen LogP contribution in [-0.4, -0.2) is 50.4 Å². The second kappa shape index (κ2) is 17.1. The van der Waals surface area contributed by atoms with Crippen LogP contribution in [0, 0.1) is 0 Å². The number of rotatable bonds is 19. The number of carbonyl (C=O) groups excluding carboxylic acids is 1. The Kier molecular flexibility index (Phi) is 15.5. The highest BCUT2D eigenvalue weighted by atomic mass is 31.2. The second-order valence-corrected chi connectivity index (χ2v) is 10.9. The molecule has 1 aromatic heterocycles. The smallest absolute Gasteiger partial charge is 0.333 e. The molecule has 198 valence electrons. The Bertz CT molecular complexity index is 653. The number of nitrogens with zero attached hydrogens (tertiary/aromatic N) is 2. The summed E-state index contributed by atoms with van der Waals surface area (Å²) in [7, 11) is -1.02. The molecule has 0 aliphatic rings. The Balaban J connectivity index is 2.05. The Morgan fingerprint density at radius 3 is 1.79 bits per heavy atom. The molecule has 0 saturated carbocycles. The molecule has 0 saturated heterocycles. The number of carbonyl (C=O) groups is 1. The fraction of sp³-hybridized carbons (Fsp3) is 0.800. The highest BCUT2D eigenvalue weighted by Gasteiger charge is 2.27. The molecular weight excluding hydrogens is 455 g/mol. The van der Waals surface area contributed by atoms with Gasteiger partial charge < -0.3 is 24.1 Å². The van der Waals surface area contributed by atoms with Crippen LogP contribution >= 0.6 is 8.53 Å². The van der Waals surface area contributed by atoms with Crippen LogP contribution in [-0.2, 0) is 13.8 Å². The van der Waals surface area contributed by atoms with Gasteiger partial charge in [0.25, 0.3) is 8.53 Å². The quantitative estimate of drug-likeness (QED) is 0.164. The third kappa shape index (κ3) is 12.4. The molecule has 0 spiro atoms. The largest absolute Gasteiger partial charge is 0.492 e. The number of hydrogen-bond acceptors (Lipinski definition) is 7. The van der Waals surface area contributed by atoms with Crippen LogP contribution in [0.3, 0.4) is 0 Å². The second-order valence-electron chi connectivity index (χ2n) is 9.53. The molecule has 0 bridgehead atoms. The maximum absolute atomic E-state index is 11.8. The summed E-state index contributed by atoms with van der Waals surface area (Å²) >= 11 is 0. The topological polar surface area (TPSA) is 93.4 Å². The summed E-state index contributed by atoms with van der Waals surface area (Å²) < 4.78 is 15.3. The lowest BCUT2D eigenvalue weighted by molar-refractivity contribution is -0.145. The number of aromatic hydroxyl groups is 2. The molecule has 0 fully saturated rings. The third-order valence-corrected chi connectivity index (χ3v) is 7.57. The molecule has 1 atom stereocenters. The van der Waals surface area contributed by atoms with Gasteiger partial charge in [-0.3, -0.25) is 0 Å².